The Balaban J connectivity index is 1.53. The van der Waals surface area contributed by atoms with Crippen LogP contribution in [0.25, 0.3) is 22.2 Å². The molecule has 0 bridgehead atoms. The van der Waals surface area contributed by atoms with Gasteiger partial charge < -0.3 is 4.42 Å². The summed E-state index contributed by atoms with van der Waals surface area (Å²) in [5.74, 6) is 2.17. The zero-order chi connectivity index (χ0) is 17.8. The van der Waals surface area contributed by atoms with Crippen molar-refractivity contribution in [2.45, 2.75) is 17.5 Å². The molecular weight excluding hydrogens is 364 g/mol. The molecule has 130 valence electrons. The third kappa shape index (κ3) is 3.49. The Morgan fingerprint density at radius 1 is 1.15 bits per heavy atom. The highest BCUT2D eigenvalue weighted by molar-refractivity contribution is 7.98. The average Bonchev–Trinajstić information content (AvgIpc) is 3.42. The summed E-state index contributed by atoms with van der Waals surface area (Å²) < 4.78 is 7.64. The van der Waals surface area contributed by atoms with Crippen LogP contribution >= 0.6 is 23.1 Å². The van der Waals surface area contributed by atoms with Gasteiger partial charge in [-0.25, -0.2) is 4.98 Å². The zero-order valence-corrected chi connectivity index (χ0v) is 15.5. The molecular formula is C19H16N4OS2. The molecule has 0 aliphatic heterocycles. The molecule has 1 aromatic carbocycles. The van der Waals surface area contributed by atoms with Crippen molar-refractivity contribution >= 4 is 23.1 Å². The highest BCUT2D eigenvalue weighted by Gasteiger charge is 2.15. The van der Waals surface area contributed by atoms with Crippen LogP contribution in [0.5, 0.6) is 0 Å². The summed E-state index contributed by atoms with van der Waals surface area (Å²) in [4.78, 5) is 5.58. The molecule has 26 heavy (non-hydrogen) atoms. The summed E-state index contributed by atoms with van der Waals surface area (Å²) in [6.45, 7) is 4.50. The van der Waals surface area contributed by atoms with E-state index in [-0.39, 0.29) is 0 Å². The number of rotatable bonds is 7. The fraction of sp³-hybridized carbons (Fsp3) is 0.105. The number of oxazole rings is 1. The summed E-state index contributed by atoms with van der Waals surface area (Å²) in [5.41, 5.74) is 1.92. The summed E-state index contributed by atoms with van der Waals surface area (Å²) in [6.07, 6.45) is 3.55. The number of hydrogen-bond acceptors (Lipinski definition) is 6. The van der Waals surface area contributed by atoms with Crippen LogP contribution in [0.15, 0.2) is 76.3 Å². The van der Waals surface area contributed by atoms with E-state index in [9.17, 15) is 0 Å². The van der Waals surface area contributed by atoms with Crippen molar-refractivity contribution in [2.24, 2.45) is 0 Å². The van der Waals surface area contributed by atoms with Crippen LogP contribution in [0.3, 0.4) is 0 Å². The molecule has 5 nitrogen and oxygen atoms in total. The molecule has 0 fully saturated rings. The van der Waals surface area contributed by atoms with Gasteiger partial charge >= 0.3 is 0 Å². The average molecular weight is 380 g/mol. The molecule has 4 rings (SSSR count). The molecule has 0 aliphatic rings. The fourth-order valence-electron chi connectivity index (χ4n) is 2.52. The van der Waals surface area contributed by atoms with Crippen molar-refractivity contribution in [3.05, 3.63) is 72.5 Å². The predicted octanol–water partition coefficient (Wildman–Crippen LogP) is 5.14. The van der Waals surface area contributed by atoms with E-state index in [1.165, 1.54) is 0 Å². The molecule has 3 heterocycles. The monoisotopic (exact) mass is 380 g/mol. The topological polar surface area (TPSA) is 56.7 Å². The Morgan fingerprint density at radius 3 is 2.81 bits per heavy atom. The Morgan fingerprint density at radius 2 is 2.04 bits per heavy atom. The van der Waals surface area contributed by atoms with Gasteiger partial charge in [0.25, 0.3) is 0 Å². The first-order valence-electron chi connectivity index (χ1n) is 8.06. The third-order valence-corrected chi connectivity index (χ3v) is 5.55. The third-order valence-electron chi connectivity index (χ3n) is 3.69. The molecule has 4 aromatic rings. The lowest BCUT2D eigenvalue weighted by Crippen LogP contribution is -2.00. The van der Waals surface area contributed by atoms with E-state index in [1.807, 2.05) is 53.9 Å². The van der Waals surface area contributed by atoms with Gasteiger partial charge in [0.05, 0.1) is 10.6 Å². The normalized spacial score (nSPS) is 10.9. The quantitative estimate of drug-likeness (QED) is 0.328. The molecule has 0 radical (unpaired) electrons. The summed E-state index contributed by atoms with van der Waals surface area (Å²) in [7, 11) is 0. The molecule has 0 aliphatic carbocycles. The van der Waals surface area contributed by atoms with Crippen LogP contribution in [0.4, 0.5) is 0 Å². The maximum Gasteiger partial charge on any atom is 0.236 e. The van der Waals surface area contributed by atoms with Crippen molar-refractivity contribution in [3.8, 4) is 22.2 Å². The van der Waals surface area contributed by atoms with Gasteiger partial charge in [-0.05, 0) is 11.4 Å². The highest BCUT2D eigenvalue weighted by atomic mass is 32.2. The van der Waals surface area contributed by atoms with Gasteiger partial charge in [-0.2, -0.15) is 0 Å². The first-order chi connectivity index (χ1) is 12.8. The lowest BCUT2D eigenvalue weighted by atomic mass is 10.2. The minimum absolute atomic E-state index is 0.652. The van der Waals surface area contributed by atoms with Crippen molar-refractivity contribution in [1.82, 2.24) is 19.7 Å². The van der Waals surface area contributed by atoms with E-state index in [2.05, 4.69) is 26.3 Å². The summed E-state index contributed by atoms with van der Waals surface area (Å²) in [6, 6.07) is 14.0. The number of aromatic nitrogens is 4. The Kier molecular flexibility index (Phi) is 4.99. The second kappa shape index (κ2) is 7.72. The highest BCUT2D eigenvalue weighted by Crippen LogP contribution is 2.28. The van der Waals surface area contributed by atoms with Gasteiger partial charge in [0, 0.05) is 17.9 Å². The van der Waals surface area contributed by atoms with E-state index in [0.29, 0.717) is 18.2 Å². The van der Waals surface area contributed by atoms with Gasteiger partial charge in [-0.1, -0.05) is 54.2 Å². The van der Waals surface area contributed by atoms with Crippen molar-refractivity contribution in [3.63, 3.8) is 0 Å². The first-order valence-corrected chi connectivity index (χ1v) is 9.92. The molecule has 7 heteroatoms. The lowest BCUT2D eigenvalue weighted by molar-refractivity contribution is 0.575. The molecule has 0 unspecified atom stereocenters. The van der Waals surface area contributed by atoms with Crippen molar-refractivity contribution < 1.29 is 4.42 Å². The predicted molar refractivity (Wildman–Crippen MR) is 105 cm³/mol. The Bertz CT molecular complexity index is 990. The second-order valence-corrected chi connectivity index (χ2v) is 7.37. The lowest BCUT2D eigenvalue weighted by Gasteiger charge is -2.07. The smallest absolute Gasteiger partial charge is 0.236 e. The molecule has 0 atom stereocenters. The first kappa shape index (κ1) is 16.8. The molecule has 0 amide bonds. The minimum Gasteiger partial charge on any atom is -0.444 e. The van der Waals surface area contributed by atoms with Crippen LogP contribution in [0.2, 0.25) is 0 Å². The summed E-state index contributed by atoms with van der Waals surface area (Å²) in [5, 5.41) is 11.6. The van der Waals surface area contributed by atoms with Gasteiger partial charge in [-0.15, -0.1) is 28.1 Å². The number of nitrogens with zero attached hydrogens (tertiary/aromatic N) is 4. The van der Waals surface area contributed by atoms with Gasteiger partial charge in [0.2, 0.25) is 5.89 Å². The number of allylic oxidation sites excluding steroid dienone is 1. The van der Waals surface area contributed by atoms with Crippen molar-refractivity contribution in [2.75, 3.05) is 0 Å². The van der Waals surface area contributed by atoms with E-state index >= 15 is 0 Å². The number of benzene rings is 1. The van der Waals surface area contributed by atoms with Gasteiger partial charge in [-0.3, -0.25) is 4.57 Å². The standard InChI is InChI=1S/C19H16N4OS2/c1-2-10-23-17(14-7-4-3-5-8-14)21-22-19(23)26-13-15-12-24-18(20-15)16-9-6-11-25-16/h2-9,11-12H,1,10,13H2. The van der Waals surface area contributed by atoms with E-state index < -0.39 is 0 Å². The maximum absolute atomic E-state index is 5.58. The van der Waals surface area contributed by atoms with Crippen LogP contribution in [-0.4, -0.2) is 19.7 Å². The van der Waals surface area contributed by atoms with E-state index in [1.54, 1.807) is 29.4 Å². The number of hydrogen-bond donors (Lipinski definition) is 0. The van der Waals surface area contributed by atoms with Gasteiger partial charge in [0.1, 0.15) is 6.26 Å². The number of thiophene rings is 1. The van der Waals surface area contributed by atoms with Crippen LogP contribution < -0.4 is 0 Å². The minimum atomic E-state index is 0.652. The molecule has 3 aromatic heterocycles. The van der Waals surface area contributed by atoms with Gasteiger partial charge in [0.15, 0.2) is 11.0 Å². The number of thioether (sulfide) groups is 1. The van der Waals surface area contributed by atoms with Crippen LogP contribution in [0.1, 0.15) is 5.69 Å². The maximum atomic E-state index is 5.58. The van der Waals surface area contributed by atoms with Crippen LogP contribution in [0, 0.1) is 0 Å². The fourth-order valence-corrected chi connectivity index (χ4v) is 4.00. The molecule has 0 spiro atoms. The van der Waals surface area contributed by atoms with Crippen LogP contribution in [-0.2, 0) is 12.3 Å². The van der Waals surface area contributed by atoms with E-state index in [4.69, 9.17) is 4.42 Å². The SMILES string of the molecule is C=CCn1c(SCc2coc(-c3cccs3)n2)nnc1-c1ccccc1. The summed E-state index contributed by atoms with van der Waals surface area (Å²) >= 11 is 3.20. The molecule has 0 saturated heterocycles. The Hall–Kier alpha value is -2.64. The second-order valence-electron chi connectivity index (χ2n) is 5.48. The molecule has 0 N–H and O–H groups in total. The van der Waals surface area contributed by atoms with E-state index in [0.717, 1.165) is 27.1 Å². The largest absolute Gasteiger partial charge is 0.444 e. The Labute approximate surface area is 159 Å². The van der Waals surface area contributed by atoms with Crippen molar-refractivity contribution in [1.29, 1.82) is 0 Å². The molecule has 0 saturated carbocycles. The zero-order valence-electron chi connectivity index (χ0n) is 13.9.